The number of aryl methyl sites for hydroxylation is 3. The molecule has 2 heterocycles. The fourth-order valence-electron chi connectivity index (χ4n) is 4.70. The number of thiazole rings is 1. The molecule has 1 amide bonds. The molecule has 2 aromatic carbocycles. The van der Waals surface area contributed by atoms with Crippen molar-refractivity contribution in [3.05, 3.63) is 58.5 Å². The maximum Gasteiger partial charge on any atom is 0.244 e. The molecule has 1 aromatic heterocycles. The zero-order chi connectivity index (χ0) is 26.3. The number of rotatable bonds is 6. The predicted molar refractivity (Wildman–Crippen MR) is 141 cm³/mol. The van der Waals surface area contributed by atoms with Gasteiger partial charge in [-0.25, -0.2) is 21.8 Å². The molecule has 0 atom stereocenters. The first-order chi connectivity index (χ1) is 16.9. The highest BCUT2D eigenvalue weighted by atomic mass is 32.2. The molecule has 0 aliphatic carbocycles. The first-order valence-corrected chi connectivity index (χ1v) is 15.7. The molecule has 1 aliphatic rings. The summed E-state index contributed by atoms with van der Waals surface area (Å²) in [5.41, 5.74) is 5.31. The average molecular weight is 548 g/mol. The van der Waals surface area contributed by atoms with Gasteiger partial charge in [-0.1, -0.05) is 29.8 Å². The number of sulfone groups is 1. The lowest BCUT2D eigenvalue weighted by molar-refractivity contribution is -0.120. The molecule has 0 spiro atoms. The summed E-state index contributed by atoms with van der Waals surface area (Å²) in [6.07, 6.45) is 1.66. The van der Waals surface area contributed by atoms with Crippen LogP contribution in [0, 0.1) is 26.7 Å². The molecule has 4 rings (SSSR count). The van der Waals surface area contributed by atoms with Gasteiger partial charge in [-0.3, -0.25) is 4.79 Å². The van der Waals surface area contributed by atoms with Gasteiger partial charge in [0.1, 0.15) is 4.90 Å². The van der Waals surface area contributed by atoms with E-state index in [2.05, 4.69) is 29.4 Å². The summed E-state index contributed by atoms with van der Waals surface area (Å²) in [4.78, 5) is 17.1. The van der Waals surface area contributed by atoms with Crippen molar-refractivity contribution in [2.24, 2.45) is 5.92 Å². The summed E-state index contributed by atoms with van der Waals surface area (Å²) in [5.74, 6) is -0.557. The second kappa shape index (κ2) is 10.0. The van der Waals surface area contributed by atoms with Crippen LogP contribution in [0.3, 0.4) is 0 Å². The number of nitrogens with zero attached hydrogens (tertiary/aromatic N) is 2. The van der Waals surface area contributed by atoms with Crippen molar-refractivity contribution in [2.45, 2.75) is 43.4 Å². The van der Waals surface area contributed by atoms with E-state index in [-0.39, 0.29) is 34.7 Å². The van der Waals surface area contributed by atoms with Crippen LogP contribution in [0.5, 0.6) is 0 Å². The van der Waals surface area contributed by atoms with Crippen molar-refractivity contribution >= 4 is 42.2 Å². The molecule has 1 fully saturated rings. The summed E-state index contributed by atoms with van der Waals surface area (Å²) in [5, 5.41) is 5.32. The second-order valence-corrected chi connectivity index (χ2v) is 13.9. The van der Waals surface area contributed by atoms with E-state index in [1.54, 1.807) is 0 Å². The molecule has 36 heavy (non-hydrogen) atoms. The molecule has 8 nitrogen and oxygen atoms in total. The number of anilines is 1. The highest BCUT2D eigenvalue weighted by molar-refractivity contribution is 7.93. The minimum atomic E-state index is -4.01. The SMILES string of the molecule is Cc1cc(C)c(-c2csc(NC(=O)C3CCN(S(=O)(=O)c4ccccc4S(C)(=O)=O)CC3)n2)c(C)c1. The van der Waals surface area contributed by atoms with E-state index in [9.17, 15) is 21.6 Å². The monoisotopic (exact) mass is 547 g/mol. The van der Waals surface area contributed by atoms with E-state index >= 15 is 0 Å². The molecule has 192 valence electrons. The normalized spacial score (nSPS) is 15.7. The van der Waals surface area contributed by atoms with E-state index in [1.807, 2.05) is 19.2 Å². The maximum absolute atomic E-state index is 13.2. The highest BCUT2D eigenvalue weighted by Gasteiger charge is 2.34. The number of carbonyl (C=O) groups is 1. The number of hydrogen-bond donors (Lipinski definition) is 1. The summed E-state index contributed by atoms with van der Waals surface area (Å²) in [6.45, 7) is 6.40. The lowest BCUT2D eigenvalue weighted by atomic mass is 9.97. The van der Waals surface area contributed by atoms with Crippen LogP contribution in [0.1, 0.15) is 29.5 Å². The summed E-state index contributed by atoms with van der Waals surface area (Å²) in [7, 11) is -7.73. The smallest absolute Gasteiger partial charge is 0.244 e. The van der Waals surface area contributed by atoms with Gasteiger partial charge in [0.25, 0.3) is 0 Å². The summed E-state index contributed by atoms with van der Waals surface area (Å²) >= 11 is 1.36. The van der Waals surface area contributed by atoms with Gasteiger partial charge in [-0.2, -0.15) is 4.31 Å². The van der Waals surface area contributed by atoms with Gasteiger partial charge >= 0.3 is 0 Å². The molecular weight excluding hydrogens is 518 g/mol. The van der Waals surface area contributed by atoms with Gasteiger partial charge in [-0.15, -0.1) is 11.3 Å². The fourth-order valence-corrected chi connectivity index (χ4v) is 8.48. The lowest BCUT2D eigenvalue weighted by Crippen LogP contribution is -2.41. The number of aromatic nitrogens is 1. The van der Waals surface area contributed by atoms with Crippen molar-refractivity contribution < 1.29 is 21.6 Å². The Kier molecular flexibility index (Phi) is 7.38. The van der Waals surface area contributed by atoms with E-state index in [4.69, 9.17) is 0 Å². The Hall–Kier alpha value is -2.60. The zero-order valence-corrected chi connectivity index (χ0v) is 23.1. The highest BCUT2D eigenvalue weighted by Crippen LogP contribution is 2.32. The fraction of sp³-hybridized carbons (Fsp3) is 0.360. The molecule has 1 saturated heterocycles. The molecule has 0 bridgehead atoms. The van der Waals surface area contributed by atoms with E-state index in [1.165, 1.54) is 45.5 Å². The number of amides is 1. The molecular formula is C25H29N3O5S3. The van der Waals surface area contributed by atoms with Gasteiger partial charge in [0.2, 0.25) is 15.9 Å². The van der Waals surface area contributed by atoms with Crippen molar-refractivity contribution in [1.82, 2.24) is 9.29 Å². The van der Waals surface area contributed by atoms with E-state index < -0.39 is 19.9 Å². The van der Waals surface area contributed by atoms with Crippen LogP contribution in [0.15, 0.2) is 51.6 Å². The van der Waals surface area contributed by atoms with Crippen molar-refractivity contribution in [2.75, 3.05) is 24.7 Å². The Morgan fingerprint density at radius 2 is 1.58 bits per heavy atom. The second-order valence-electron chi connectivity index (χ2n) is 9.20. The molecule has 0 radical (unpaired) electrons. The Bertz CT molecular complexity index is 1500. The van der Waals surface area contributed by atoms with Crippen LogP contribution in [0.2, 0.25) is 0 Å². The summed E-state index contributed by atoms with van der Waals surface area (Å²) < 4.78 is 51.8. The average Bonchev–Trinajstić information content (AvgIpc) is 3.25. The Morgan fingerprint density at radius 1 is 1.00 bits per heavy atom. The Labute approximate surface area is 216 Å². The van der Waals surface area contributed by atoms with Crippen molar-refractivity contribution in [1.29, 1.82) is 0 Å². The quantitative estimate of drug-likeness (QED) is 0.495. The Balaban J connectivity index is 1.43. The van der Waals surface area contributed by atoms with E-state index in [0.29, 0.717) is 18.0 Å². The number of sulfonamides is 1. The first-order valence-electron chi connectivity index (χ1n) is 11.5. The van der Waals surface area contributed by atoms with Crippen LogP contribution >= 0.6 is 11.3 Å². The van der Waals surface area contributed by atoms with Crippen LogP contribution in [-0.2, 0) is 24.7 Å². The number of piperidine rings is 1. The lowest BCUT2D eigenvalue weighted by Gasteiger charge is -2.30. The molecule has 0 unspecified atom stereocenters. The largest absolute Gasteiger partial charge is 0.302 e. The summed E-state index contributed by atoms with van der Waals surface area (Å²) in [6, 6.07) is 9.82. The van der Waals surface area contributed by atoms with E-state index in [0.717, 1.165) is 28.6 Å². The minimum absolute atomic E-state index is 0.128. The van der Waals surface area contributed by atoms with Gasteiger partial charge in [0.05, 0.1) is 10.6 Å². The third kappa shape index (κ3) is 5.39. The van der Waals surface area contributed by atoms with Gasteiger partial charge in [0, 0.05) is 36.2 Å². The van der Waals surface area contributed by atoms with Crippen molar-refractivity contribution in [3.8, 4) is 11.3 Å². The predicted octanol–water partition coefficient (Wildman–Crippen LogP) is 4.18. The number of carbonyl (C=O) groups excluding carboxylic acids is 1. The maximum atomic E-state index is 13.2. The van der Waals surface area contributed by atoms with Gasteiger partial charge in [-0.05, 0) is 56.9 Å². The topological polar surface area (TPSA) is 114 Å². The van der Waals surface area contributed by atoms with Crippen LogP contribution in [0.25, 0.3) is 11.3 Å². The number of nitrogens with one attached hydrogen (secondary N) is 1. The third-order valence-corrected chi connectivity index (χ3v) is 10.4. The molecule has 11 heteroatoms. The van der Waals surface area contributed by atoms with Gasteiger partial charge in [0.15, 0.2) is 15.0 Å². The third-order valence-electron chi connectivity index (χ3n) is 6.36. The molecule has 3 aromatic rings. The zero-order valence-electron chi connectivity index (χ0n) is 20.6. The molecule has 1 N–H and O–H groups in total. The molecule has 1 aliphatic heterocycles. The molecule has 0 saturated carbocycles. The first kappa shape index (κ1) is 26.5. The van der Waals surface area contributed by atoms with Crippen molar-refractivity contribution in [3.63, 3.8) is 0 Å². The van der Waals surface area contributed by atoms with Crippen LogP contribution in [-0.4, -0.2) is 51.4 Å². The standard InChI is InChI=1S/C25H29N3O5S3/c1-16-13-17(2)23(18(3)14-16)20-15-34-25(26-20)27-24(29)19-9-11-28(12-10-19)36(32,33)22-8-6-5-7-21(22)35(4,30)31/h5-8,13-15,19H,9-12H2,1-4H3,(H,26,27,29). The Morgan fingerprint density at radius 3 is 2.17 bits per heavy atom. The van der Waals surface area contributed by atoms with Crippen LogP contribution in [0.4, 0.5) is 5.13 Å². The van der Waals surface area contributed by atoms with Crippen LogP contribution < -0.4 is 5.32 Å². The minimum Gasteiger partial charge on any atom is -0.302 e. The number of hydrogen-bond acceptors (Lipinski definition) is 7. The van der Waals surface area contributed by atoms with Gasteiger partial charge < -0.3 is 5.32 Å². The number of benzene rings is 2.